The second kappa shape index (κ2) is 6.34. The first-order valence-electron chi connectivity index (χ1n) is 6.78. The molecule has 0 aliphatic carbocycles. The van der Waals surface area contributed by atoms with Gasteiger partial charge in [0, 0.05) is 10.7 Å². The van der Waals surface area contributed by atoms with E-state index in [1.807, 2.05) is 6.07 Å². The fourth-order valence-corrected chi connectivity index (χ4v) is 2.37. The maximum atomic E-state index is 12.9. The zero-order valence-corrected chi connectivity index (χ0v) is 12.3. The number of nitrogens with zero attached hydrogens (tertiary/aromatic N) is 1. The fourth-order valence-electron chi connectivity index (χ4n) is 2.19. The lowest BCUT2D eigenvalue weighted by molar-refractivity contribution is 0.102. The van der Waals surface area contributed by atoms with E-state index in [9.17, 15) is 9.50 Å². The molecule has 1 aliphatic heterocycles. The molecule has 0 unspecified atom stereocenters. The van der Waals surface area contributed by atoms with E-state index < -0.39 is 6.10 Å². The summed E-state index contributed by atoms with van der Waals surface area (Å²) in [6.45, 7) is 0.419. The number of aliphatic hydroxyl groups is 1. The van der Waals surface area contributed by atoms with Gasteiger partial charge < -0.3 is 15.2 Å². The van der Waals surface area contributed by atoms with Gasteiger partial charge in [-0.1, -0.05) is 23.7 Å². The molecule has 22 heavy (non-hydrogen) atoms. The standard InChI is InChI=1S/C16H14ClFN2O2/c17-11-3-6-13-14(7-11)19-9-20-16(13)22-8-15(21)10-1-4-12(18)5-2-10/h1-7,15,19,21H,8-9H2/t15-/m0/s1. The van der Waals surface area contributed by atoms with E-state index in [4.69, 9.17) is 16.3 Å². The highest BCUT2D eigenvalue weighted by Gasteiger charge is 2.17. The highest BCUT2D eigenvalue weighted by atomic mass is 35.5. The van der Waals surface area contributed by atoms with Crippen LogP contribution in [0, 0.1) is 5.82 Å². The summed E-state index contributed by atoms with van der Waals surface area (Å²) in [5.41, 5.74) is 2.22. The maximum absolute atomic E-state index is 12.9. The molecule has 2 N–H and O–H groups in total. The molecule has 0 radical (unpaired) electrons. The van der Waals surface area contributed by atoms with E-state index in [1.165, 1.54) is 24.3 Å². The summed E-state index contributed by atoms with van der Waals surface area (Å²) in [5, 5.41) is 13.8. The van der Waals surface area contributed by atoms with Crippen molar-refractivity contribution in [1.29, 1.82) is 0 Å². The van der Waals surface area contributed by atoms with Crippen molar-refractivity contribution >= 4 is 23.2 Å². The molecule has 114 valence electrons. The van der Waals surface area contributed by atoms with Gasteiger partial charge in [0.25, 0.3) is 0 Å². The van der Waals surface area contributed by atoms with Crippen LogP contribution in [0.2, 0.25) is 5.02 Å². The summed E-state index contributed by atoms with van der Waals surface area (Å²) in [6, 6.07) is 11.0. The third-order valence-corrected chi connectivity index (χ3v) is 3.57. The summed E-state index contributed by atoms with van der Waals surface area (Å²) >= 11 is 5.95. The van der Waals surface area contributed by atoms with Crippen LogP contribution in [-0.2, 0) is 4.74 Å². The van der Waals surface area contributed by atoms with E-state index in [1.54, 1.807) is 12.1 Å². The Morgan fingerprint density at radius 3 is 2.82 bits per heavy atom. The van der Waals surface area contributed by atoms with E-state index in [-0.39, 0.29) is 12.4 Å². The summed E-state index contributed by atoms with van der Waals surface area (Å²) in [5.74, 6) is 0.108. The molecular formula is C16H14ClFN2O2. The van der Waals surface area contributed by atoms with E-state index in [2.05, 4.69) is 10.3 Å². The Morgan fingerprint density at radius 2 is 2.05 bits per heavy atom. The number of ether oxygens (including phenoxy) is 1. The number of anilines is 1. The smallest absolute Gasteiger partial charge is 0.220 e. The van der Waals surface area contributed by atoms with Crippen LogP contribution in [0.1, 0.15) is 17.2 Å². The molecule has 1 aliphatic rings. The van der Waals surface area contributed by atoms with Gasteiger partial charge in [-0.05, 0) is 35.9 Å². The Balaban J connectivity index is 1.69. The topological polar surface area (TPSA) is 53.9 Å². The Labute approximate surface area is 132 Å². The molecule has 2 aromatic rings. The van der Waals surface area contributed by atoms with E-state index >= 15 is 0 Å². The van der Waals surface area contributed by atoms with Crippen LogP contribution in [0.4, 0.5) is 10.1 Å². The van der Waals surface area contributed by atoms with Gasteiger partial charge in [-0.2, -0.15) is 0 Å². The zero-order valence-electron chi connectivity index (χ0n) is 11.6. The molecule has 3 rings (SSSR count). The summed E-state index contributed by atoms with van der Waals surface area (Å²) < 4.78 is 18.5. The minimum absolute atomic E-state index is 0.0343. The lowest BCUT2D eigenvalue weighted by atomic mass is 10.1. The second-order valence-corrected chi connectivity index (χ2v) is 5.30. The molecule has 0 bridgehead atoms. The van der Waals surface area contributed by atoms with Crippen LogP contribution >= 0.6 is 11.6 Å². The Morgan fingerprint density at radius 1 is 1.27 bits per heavy atom. The van der Waals surface area contributed by atoms with Gasteiger partial charge in [0.15, 0.2) is 0 Å². The van der Waals surface area contributed by atoms with Crippen LogP contribution in [-0.4, -0.2) is 24.3 Å². The van der Waals surface area contributed by atoms with Crippen molar-refractivity contribution in [3.63, 3.8) is 0 Å². The van der Waals surface area contributed by atoms with E-state index in [0.29, 0.717) is 23.2 Å². The van der Waals surface area contributed by atoms with Gasteiger partial charge in [0.2, 0.25) is 5.90 Å². The van der Waals surface area contributed by atoms with Crippen molar-refractivity contribution in [3.8, 4) is 0 Å². The Kier molecular flexibility index (Phi) is 4.27. The fraction of sp³-hybridized carbons (Fsp3) is 0.188. The SMILES string of the molecule is O[C@@H](COC1=NCNc2cc(Cl)ccc21)c1ccc(F)cc1. The number of rotatable bonds is 3. The minimum Gasteiger partial charge on any atom is -0.474 e. The second-order valence-electron chi connectivity index (χ2n) is 4.87. The number of hydrogen-bond acceptors (Lipinski definition) is 4. The van der Waals surface area contributed by atoms with Crippen LogP contribution < -0.4 is 5.32 Å². The first kappa shape index (κ1) is 14.8. The van der Waals surface area contributed by atoms with Crippen molar-refractivity contribution < 1.29 is 14.2 Å². The average molecular weight is 321 g/mol. The Hall–Kier alpha value is -2.11. The molecule has 4 nitrogen and oxygen atoms in total. The van der Waals surface area contributed by atoms with Crippen LogP contribution in [0.15, 0.2) is 47.5 Å². The van der Waals surface area contributed by atoms with Crippen LogP contribution in [0.3, 0.4) is 0 Å². The first-order chi connectivity index (χ1) is 10.6. The number of nitrogens with one attached hydrogen (secondary N) is 1. The largest absolute Gasteiger partial charge is 0.474 e. The molecule has 0 spiro atoms. The zero-order chi connectivity index (χ0) is 15.5. The third-order valence-electron chi connectivity index (χ3n) is 3.34. The van der Waals surface area contributed by atoms with Gasteiger partial charge in [0.05, 0.1) is 5.56 Å². The monoisotopic (exact) mass is 320 g/mol. The quantitative estimate of drug-likeness (QED) is 0.911. The number of benzene rings is 2. The molecular weight excluding hydrogens is 307 g/mol. The lowest BCUT2D eigenvalue weighted by Crippen LogP contribution is -2.20. The molecule has 2 aromatic carbocycles. The normalized spacial score (nSPS) is 14.6. The maximum Gasteiger partial charge on any atom is 0.220 e. The number of aliphatic imine (C=N–C) groups is 1. The lowest BCUT2D eigenvalue weighted by Gasteiger charge is -2.20. The number of aliphatic hydroxyl groups excluding tert-OH is 1. The van der Waals surface area contributed by atoms with Crippen molar-refractivity contribution in [3.05, 3.63) is 64.4 Å². The number of halogens is 2. The summed E-state index contributed by atoms with van der Waals surface area (Å²) in [4.78, 5) is 4.25. The average Bonchev–Trinajstić information content (AvgIpc) is 2.52. The molecule has 1 atom stereocenters. The molecule has 0 saturated carbocycles. The van der Waals surface area contributed by atoms with Crippen LogP contribution in [0.25, 0.3) is 0 Å². The number of hydrogen-bond donors (Lipinski definition) is 2. The predicted molar refractivity (Wildman–Crippen MR) is 83.8 cm³/mol. The first-order valence-corrected chi connectivity index (χ1v) is 7.16. The molecule has 0 fully saturated rings. The van der Waals surface area contributed by atoms with Crippen molar-refractivity contribution in [1.82, 2.24) is 0 Å². The summed E-state index contributed by atoms with van der Waals surface area (Å²) in [7, 11) is 0. The van der Waals surface area contributed by atoms with Gasteiger partial charge in [-0.3, -0.25) is 0 Å². The van der Waals surface area contributed by atoms with Gasteiger partial charge in [-0.15, -0.1) is 0 Å². The Bertz CT molecular complexity index is 704. The molecule has 0 amide bonds. The summed E-state index contributed by atoms with van der Waals surface area (Å²) in [6.07, 6.45) is -0.853. The van der Waals surface area contributed by atoms with Gasteiger partial charge in [0.1, 0.15) is 25.2 Å². The minimum atomic E-state index is -0.853. The van der Waals surface area contributed by atoms with Crippen LogP contribution in [0.5, 0.6) is 0 Å². The molecule has 1 heterocycles. The van der Waals surface area contributed by atoms with E-state index in [0.717, 1.165) is 11.3 Å². The van der Waals surface area contributed by atoms with Crippen molar-refractivity contribution in [2.75, 3.05) is 18.6 Å². The van der Waals surface area contributed by atoms with Crippen molar-refractivity contribution in [2.24, 2.45) is 4.99 Å². The highest BCUT2D eigenvalue weighted by molar-refractivity contribution is 6.31. The highest BCUT2D eigenvalue weighted by Crippen LogP contribution is 2.25. The molecule has 6 heteroatoms. The third kappa shape index (κ3) is 3.21. The molecule has 0 aromatic heterocycles. The van der Waals surface area contributed by atoms with Gasteiger partial charge >= 0.3 is 0 Å². The number of fused-ring (bicyclic) bond motifs is 1. The van der Waals surface area contributed by atoms with Gasteiger partial charge in [-0.25, -0.2) is 9.38 Å². The predicted octanol–water partition coefficient (Wildman–Crippen LogP) is 3.36. The van der Waals surface area contributed by atoms with Crippen molar-refractivity contribution in [2.45, 2.75) is 6.10 Å². The molecule has 0 saturated heterocycles.